The number of nitrogens with zero attached hydrogens (tertiary/aromatic N) is 1. The fourth-order valence-corrected chi connectivity index (χ4v) is 1.70. The van der Waals surface area contributed by atoms with Crippen molar-refractivity contribution in [3.8, 4) is 6.07 Å². The van der Waals surface area contributed by atoms with E-state index in [0.29, 0.717) is 18.1 Å². The van der Waals surface area contributed by atoms with Crippen LogP contribution in [0.15, 0.2) is 24.3 Å². The van der Waals surface area contributed by atoms with Gasteiger partial charge in [-0.05, 0) is 24.0 Å². The Morgan fingerprint density at radius 1 is 1.38 bits per heavy atom. The Morgan fingerprint density at radius 3 is 2.81 bits per heavy atom. The molecule has 1 unspecified atom stereocenters. The fourth-order valence-electron chi connectivity index (χ4n) is 1.70. The van der Waals surface area contributed by atoms with Gasteiger partial charge in [0.05, 0.1) is 18.2 Å². The molecule has 1 aromatic rings. The van der Waals surface area contributed by atoms with Crippen molar-refractivity contribution >= 4 is 0 Å². The first-order valence-corrected chi connectivity index (χ1v) is 5.83. The van der Waals surface area contributed by atoms with E-state index < -0.39 is 0 Å². The lowest BCUT2D eigenvalue weighted by molar-refractivity contribution is 0.0892. The summed E-state index contributed by atoms with van der Waals surface area (Å²) in [5.74, 6) is 0.597. The second-order valence-electron chi connectivity index (χ2n) is 4.18. The molecule has 0 aliphatic rings. The van der Waals surface area contributed by atoms with Gasteiger partial charge >= 0.3 is 0 Å². The van der Waals surface area contributed by atoms with Crippen LogP contribution >= 0.6 is 0 Å². The molecule has 86 valence electrons. The van der Waals surface area contributed by atoms with Crippen molar-refractivity contribution in [3.05, 3.63) is 35.4 Å². The number of benzene rings is 1. The van der Waals surface area contributed by atoms with Crippen LogP contribution in [0, 0.1) is 17.2 Å². The second-order valence-corrected chi connectivity index (χ2v) is 4.18. The van der Waals surface area contributed by atoms with Crippen molar-refractivity contribution in [2.75, 3.05) is 6.61 Å². The van der Waals surface area contributed by atoms with E-state index in [-0.39, 0.29) is 0 Å². The van der Waals surface area contributed by atoms with Gasteiger partial charge in [0.15, 0.2) is 0 Å². The van der Waals surface area contributed by atoms with Gasteiger partial charge in [-0.15, -0.1) is 0 Å². The Labute approximate surface area is 97.9 Å². The van der Waals surface area contributed by atoms with Gasteiger partial charge in [0.2, 0.25) is 0 Å². The van der Waals surface area contributed by atoms with Crippen LogP contribution in [0.3, 0.4) is 0 Å². The highest BCUT2D eigenvalue weighted by atomic mass is 16.5. The Kier molecular flexibility index (Phi) is 5.60. The van der Waals surface area contributed by atoms with E-state index in [4.69, 9.17) is 10.00 Å². The van der Waals surface area contributed by atoms with Gasteiger partial charge < -0.3 is 4.74 Å². The molecule has 1 aromatic carbocycles. The molecule has 0 saturated carbocycles. The monoisotopic (exact) mass is 217 g/mol. The van der Waals surface area contributed by atoms with Gasteiger partial charge in [-0.1, -0.05) is 38.5 Å². The van der Waals surface area contributed by atoms with Crippen molar-refractivity contribution in [1.82, 2.24) is 0 Å². The first-order chi connectivity index (χ1) is 7.77. The van der Waals surface area contributed by atoms with E-state index in [1.165, 1.54) is 12.8 Å². The maximum Gasteiger partial charge on any atom is 0.0995 e. The second kappa shape index (κ2) is 7.03. The lowest BCUT2D eigenvalue weighted by Gasteiger charge is -2.11. The molecule has 0 saturated heterocycles. The molecule has 2 nitrogen and oxygen atoms in total. The first kappa shape index (κ1) is 12.7. The molecule has 0 amide bonds. The zero-order valence-corrected chi connectivity index (χ0v) is 10.1. The van der Waals surface area contributed by atoms with Gasteiger partial charge in [-0.2, -0.15) is 5.26 Å². The molecular weight excluding hydrogens is 198 g/mol. The average molecular weight is 217 g/mol. The van der Waals surface area contributed by atoms with Crippen LogP contribution in [0.25, 0.3) is 0 Å². The molecule has 0 aliphatic heterocycles. The zero-order chi connectivity index (χ0) is 11.8. The summed E-state index contributed by atoms with van der Waals surface area (Å²) >= 11 is 0. The fraction of sp³-hybridized carbons (Fsp3) is 0.500. The first-order valence-electron chi connectivity index (χ1n) is 5.83. The molecular formula is C14H19NO. The maximum atomic E-state index is 8.91. The van der Waals surface area contributed by atoms with Crippen LogP contribution in [-0.2, 0) is 11.3 Å². The van der Waals surface area contributed by atoms with Crippen molar-refractivity contribution in [1.29, 1.82) is 5.26 Å². The van der Waals surface area contributed by atoms with Crippen molar-refractivity contribution in [2.45, 2.75) is 33.3 Å². The highest BCUT2D eigenvalue weighted by Crippen LogP contribution is 2.11. The zero-order valence-electron chi connectivity index (χ0n) is 10.1. The lowest BCUT2D eigenvalue weighted by atomic mass is 10.1. The van der Waals surface area contributed by atoms with Crippen LogP contribution in [0.2, 0.25) is 0 Å². The molecule has 0 N–H and O–H groups in total. The SMILES string of the molecule is CCCC(C)COCc1ccccc1C#N. The molecule has 0 bridgehead atoms. The minimum atomic E-state index is 0.539. The Bertz CT molecular complexity index is 354. The maximum absolute atomic E-state index is 8.91. The molecule has 2 heteroatoms. The summed E-state index contributed by atoms with van der Waals surface area (Å²) < 4.78 is 5.63. The predicted molar refractivity (Wildman–Crippen MR) is 64.9 cm³/mol. The average Bonchev–Trinajstić information content (AvgIpc) is 2.30. The van der Waals surface area contributed by atoms with E-state index in [2.05, 4.69) is 19.9 Å². The molecule has 0 heterocycles. The number of nitriles is 1. The summed E-state index contributed by atoms with van der Waals surface area (Å²) in [5, 5.41) is 8.91. The van der Waals surface area contributed by atoms with Gasteiger partial charge in [0.1, 0.15) is 0 Å². The van der Waals surface area contributed by atoms with Crippen LogP contribution in [0.4, 0.5) is 0 Å². The minimum absolute atomic E-state index is 0.539. The van der Waals surface area contributed by atoms with Crippen LogP contribution < -0.4 is 0 Å². The lowest BCUT2D eigenvalue weighted by Crippen LogP contribution is -2.06. The third kappa shape index (κ3) is 4.04. The topological polar surface area (TPSA) is 33.0 Å². The summed E-state index contributed by atoms with van der Waals surface area (Å²) in [6, 6.07) is 9.77. The molecule has 0 aliphatic carbocycles. The minimum Gasteiger partial charge on any atom is -0.376 e. The highest BCUT2D eigenvalue weighted by Gasteiger charge is 2.03. The highest BCUT2D eigenvalue weighted by molar-refractivity contribution is 5.36. The van der Waals surface area contributed by atoms with E-state index >= 15 is 0 Å². The van der Waals surface area contributed by atoms with Crippen molar-refractivity contribution < 1.29 is 4.74 Å². The third-order valence-corrected chi connectivity index (χ3v) is 2.58. The smallest absolute Gasteiger partial charge is 0.0995 e. The van der Waals surface area contributed by atoms with E-state index in [9.17, 15) is 0 Å². The number of rotatable bonds is 6. The van der Waals surface area contributed by atoms with Crippen LogP contribution in [-0.4, -0.2) is 6.61 Å². The standard InChI is InChI=1S/C14H19NO/c1-3-6-12(2)10-16-11-14-8-5-4-7-13(14)9-15/h4-5,7-8,12H,3,6,10-11H2,1-2H3. The van der Waals surface area contributed by atoms with Gasteiger partial charge in [0.25, 0.3) is 0 Å². The quantitative estimate of drug-likeness (QED) is 0.730. The molecule has 0 radical (unpaired) electrons. The van der Waals surface area contributed by atoms with Gasteiger partial charge in [-0.25, -0.2) is 0 Å². The number of hydrogen-bond acceptors (Lipinski definition) is 2. The molecule has 1 rings (SSSR count). The number of ether oxygens (including phenoxy) is 1. The predicted octanol–water partition coefficient (Wildman–Crippen LogP) is 3.51. The normalized spacial score (nSPS) is 12.1. The van der Waals surface area contributed by atoms with Crippen LogP contribution in [0.5, 0.6) is 0 Å². The molecule has 0 aromatic heterocycles. The summed E-state index contributed by atoms with van der Waals surface area (Å²) in [7, 11) is 0. The Hall–Kier alpha value is -1.33. The molecule has 0 fully saturated rings. The summed E-state index contributed by atoms with van der Waals surface area (Å²) in [5.41, 5.74) is 1.69. The van der Waals surface area contributed by atoms with Crippen molar-refractivity contribution in [3.63, 3.8) is 0 Å². The third-order valence-electron chi connectivity index (χ3n) is 2.58. The van der Waals surface area contributed by atoms with Crippen molar-refractivity contribution in [2.24, 2.45) is 5.92 Å². The van der Waals surface area contributed by atoms with E-state index in [0.717, 1.165) is 12.2 Å². The van der Waals surface area contributed by atoms with Crippen LogP contribution in [0.1, 0.15) is 37.8 Å². The van der Waals surface area contributed by atoms with Gasteiger partial charge in [0, 0.05) is 6.61 Å². The van der Waals surface area contributed by atoms with Gasteiger partial charge in [-0.3, -0.25) is 0 Å². The van der Waals surface area contributed by atoms with E-state index in [1.807, 2.05) is 24.3 Å². The largest absolute Gasteiger partial charge is 0.376 e. The molecule has 1 atom stereocenters. The van der Waals surface area contributed by atoms with E-state index in [1.54, 1.807) is 0 Å². The summed E-state index contributed by atoms with van der Waals surface area (Å²) in [6.45, 7) is 5.69. The molecule has 0 spiro atoms. The molecule has 16 heavy (non-hydrogen) atoms. The Morgan fingerprint density at radius 2 is 2.12 bits per heavy atom. The summed E-state index contributed by atoms with van der Waals surface area (Å²) in [4.78, 5) is 0. The Balaban J connectivity index is 2.40. The summed E-state index contributed by atoms with van der Waals surface area (Å²) in [6.07, 6.45) is 2.39. The number of hydrogen-bond donors (Lipinski definition) is 0.